The highest BCUT2D eigenvalue weighted by Crippen LogP contribution is 2.11. The summed E-state index contributed by atoms with van der Waals surface area (Å²) in [5, 5.41) is 35.0. The van der Waals surface area contributed by atoms with Crippen molar-refractivity contribution >= 4 is 41.4 Å². The van der Waals surface area contributed by atoms with Gasteiger partial charge in [-0.2, -0.15) is 11.8 Å². The van der Waals surface area contributed by atoms with Crippen LogP contribution in [-0.4, -0.2) is 81.2 Å². The Morgan fingerprint density at radius 3 is 1.97 bits per heavy atom. The molecule has 0 aliphatic rings. The van der Waals surface area contributed by atoms with E-state index in [9.17, 15) is 39.3 Å². The van der Waals surface area contributed by atoms with E-state index in [1.807, 2.05) is 0 Å². The van der Waals surface area contributed by atoms with E-state index in [-0.39, 0.29) is 18.6 Å². The van der Waals surface area contributed by atoms with Gasteiger partial charge in [0.15, 0.2) is 0 Å². The Morgan fingerprint density at radius 2 is 1.47 bits per heavy atom. The van der Waals surface area contributed by atoms with Crippen LogP contribution < -0.4 is 21.7 Å². The summed E-state index contributed by atoms with van der Waals surface area (Å²) < 4.78 is 0. The molecule has 12 nitrogen and oxygen atoms in total. The minimum atomic E-state index is -1.56. The van der Waals surface area contributed by atoms with Crippen LogP contribution in [0.15, 0.2) is 24.3 Å². The van der Waals surface area contributed by atoms with Gasteiger partial charge in [-0.05, 0) is 48.5 Å². The molecule has 0 bridgehead atoms. The van der Waals surface area contributed by atoms with E-state index in [2.05, 4.69) is 16.0 Å². The third-order valence-electron chi connectivity index (χ3n) is 5.21. The second-order valence-electron chi connectivity index (χ2n) is 8.55. The van der Waals surface area contributed by atoms with Crippen LogP contribution in [0.3, 0.4) is 0 Å². The lowest BCUT2D eigenvalue weighted by Gasteiger charge is -2.25. The number of carbonyl (C=O) groups excluding carboxylic acids is 3. The van der Waals surface area contributed by atoms with Gasteiger partial charge in [0.05, 0.1) is 12.5 Å². The summed E-state index contributed by atoms with van der Waals surface area (Å²) in [4.78, 5) is 61.0. The van der Waals surface area contributed by atoms with Crippen molar-refractivity contribution in [2.75, 3.05) is 12.0 Å². The predicted octanol–water partition coefficient (Wildman–Crippen LogP) is -0.315. The van der Waals surface area contributed by atoms with Crippen LogP contribution in [0.5, 0.6) is 5.75 Å². The van der Waals surface area contributed by atoms with Crippen molar-refractivity contribution in [1.29, 1.82) is 0 Å². The number of benzene rings is 1. The molecule has 0 spiro atoms. The van der Waals surface area contributed by atoms with Crippen LogP contribution in [0.25, 0.3) is 0 Å². The zero-order chi connectivity index (χ0) is 27.4. The number of carboxylic acids is 2. The number of hydrogen-bond donors (Lipinski definition) is 7. The fourth-order valence-electron chi connectivity index (χ4n) is 3.19. The van der Waals surface area contributed by atoms with E-state index in [4.69, 9.17) is 5.73 Å². The van der Waals surface area contributed by atoms with Crippen LogP contribution in [0.1, 0.15) is 32.3 Å². The number of carbonyl (C=O) groups is 5. The highest BCUT2D eigenvalue weighted by molar-refractivity contribution is 7.98. The fourth-order valence-corrected chi connectivity index (χ4v) is 3.66. The van der Waals surface area contributed by atoms with Gasteiger partial charge in [-0.25, -0.2) is 4.79 Å². The summed E-state index contributed by atoms with van der Waals surface area (Å²) in [5.74, 6) is -5.04. The summed E-state index contributed by atoms with van der Waals surface area (Å²) in [6.07, 6.45) is 1.33. The molecule has 0 saturated carbocycles. The topological polar surface area (TPSA) is 208 Å². The number of nitrogens with one attached hydrogen (secondary N) is 3. The minimum Gasteiger partial charge on any atom is -0.508 e. The van der Waals surface area contributed by atoms with Crippen LogP contribution in [0, 0.1) is 5.92 Å². The maximum absolute atomic E-state index is 13.0. The van der Waals surface area contributed by atoms with E-state index < -0.39 is 66.2 Å². The molecule has 0 aliphatic carbocycles. The smallest absolute Gasteiger partial charge is 0.326 e. The van der Waals surface area contributed by atoms with Crippen molar-refractivity contribution < 1.29 is 39.3 Å². The average molecular weight is 527 g/mol. The normalized spacial score (nSPS) is 14.2. The third kappa shape index (κ3) is 10.5. The lowest BCUT2D eigenvalue weighted by molar-refractivity contribution is -0.144. The lowest BCUT2D eigenvalue weighted by atomic mass is 10.0. The molecular formula is C23H34N4O8S. The van der Waals surface area contributed by atoms with Crippen molar-refractivity contribution in [2.45, 2.75) is 57.3 Å². The number of hydrogen-bond acceptors (Lipinski definition) is 8. The Bertz CT molecular complexity index is 925. The van der Waals surface area contributed by atoms with Crippen molar-refractivity contribution in [3.63, 3.8) is 0 Å². The van der Waals surface area contributed by atoms with E-state index >= 15 is 0 Å². The number of aliphatic carboxylic acids is 2. The first-order valence-corrected chi connectivity index (χ1v) is 12.6. The molecule has 36 heavy (non-hydrogen) atoms. The number of nitrogens with two attached hydrogens (primary N) is 1. The molecule has 1 aromatic carbocycles. The van der Waals surface area contributed by atoms with Gasteiger partial charge in [-0.1, -0.05) is 26.0 Å². The van der Waals surface area contributed by atoms with Gasteiger partial charge in [0.25, 0.3) is 0 Å². The Labute approximate surface area is 213 Å². The minimum absolute atomic E-state index is 0.0635. The van der Waals surface area contributed by atoms with E-state index in [1.54, 1.807) is 32.2 Å². The number of carboxylic acid groups (broad SMARTS) is 2. The number of thioether (sulfide) groups is 1. The zero-order valence-corrected chi connectivity index (χ0v) is 21.2. The van der Waals surface area contributed by atoms with Crippen molar-refractivity contribution in [3.05, 3.63) is 29.8 Å². The largest absolute Gasteiger partial charge is 0.508 e. The van der Waals surface area contributed by atoms with Gasteiger partial charge < -0.3 is 37.0 Å². The lowest BCUT2D eigenvalue weighted by Crippen LogP contribution is -2.58. The van der Waals surface area contributed by atoms with Gasteiger partial charge in [0.2, 0.25) is 17.7 Å². The molecule has 13 heteroatoms. The summed E-state index contributed by atoms with van der Waals surface area (Å²) in [6.45, 7) is 3.14. The quantitative estimate of drug-likeness (QED) is 0.158. The Balaban J connectivity index is 2.95. The molecule has 4 atom stereocenters. The monoisotopic (exact) mass is 526 g/mol. The second kappa shape index (κ2) is 14.9. The molecule has 1 aromatic rings. The number of phenolic OH excluding ortho intramolecular Hbond substituents is 1. The van der Waals surface area contributed by atoms with Crippen molar-refractivity contribution in [1.82, 2.24) is 16.0 Å². The Morgan fingerprint density at radius 1 is 0.917 bits per heavy atom. The Kier molecular flexibility index (Phi) is 12.7. The SMILES string of the molecule is CSCCC(NC(=O)C(N)Cc1ccc(O)cc1)C(=O)NC(CC(=O)O)C(=O)NC(C(=O)O)C(C)C. The average Bonchev–Trinajstić information content (AvgIpc) is 2.79. The molecule has 3 amide bonds. The highest BCUT2D eigenvalue weighted by atomic mass is 32.2. The van der Waals surface area contributed by atoms with Crippen LogP contribution in [0.2, 0.25) is 0 Å². The van der Waals surface area contributed by atoms with E-state index in [0.29, 0.717) is 11.3 Å². The van der Waals surface area contributed by atoms with Gasteiger partial charge in [0, 0.05) is 0 Å². The van der Waals surface area contributed by atoms with Crippen LogP contribution in [0.4, 0.5) is 0 Å². The Hall–Kier alpha value is -3.32. The van der Waals surface area contributed by atoms with Crippen LogP contribution >= 0.6 is 11.8 Å². The molecule has 200 valence electrons. The molecule has 0 fully saturated rings. The van der Waals surface area contributed by atoms with Gasteiger partial charge in [-0.15, -0.1) is 0 Å². The molecule has 4 unspecified atom stereocenters. The molecule has 8 N–H and O–H groups in total. The first kappa shape index (κ1) is 30.7. The maximum Gasteiger partial charge on any atom is 0.326 e. The molecule has 0 heterocycles. The molecule has 0 radical (unpaired) electrons. The summed E-state index contributed by atoms with van der Waals surface area (Å²) in [5.41, 5.74) is 6.67. The summed E-state index contributed by atoms with van der Waals surface area (Å²) in [7, 11) is 0. The molecule has 0 aromatic heterocycles. The maximum atomic E-state index is 13.0. The summed E-state index contributed by atoms with van der Waals surface area (Å²) >= 11 is 1.41. The standard InChI is InChI=1S/C23H34N4O8S/c1-12(2)19(23(34)35)27-22(33)17(11-18(29)30)26-21(32)16(8-9-36-3)25-20(31)15(24)10-13-4-6-14(28)7-5-13/h4-7,12,15-17,19,28H,8-11,24H2,1-3H3,(H,25,31)(H,26,32)(H,27,33)(H,29,30)(H,34,35). The van der Waals surface area contributed by atoms with Gasteiger partial charge in [-0.3, -0.25) is 19.2 Å². The first-order valence-electron chi connectivity index (χ1n) is 11.2. The van der Waals surface area contributed by atoms with Gasteiger partial charge >= 0.3 is 11.9 Å². The first-order chi connectivity index (χ1) is 16.8. The molecule has 0 saturated heterocycles. The van der Waals surface area contributed by atoms with E-state index in [1.165, 1.54) is 23.9 Å². The number of rotatable bonds is 15. The predicted molar refractivity (Wildman–Crippen MR) is 133 cm³/mol. The number of aromatic hydroxyl groups is 1. The third-order valence-corrected chi connectivity index (χ3v) is 5.86. The number of amides is 3. The zero-order valence-electron chi connectivity index (χ0n) is 20.4. The summed E-state index contributed by atoms with van der Waals surface area (Å²) in [6, 6.07) is 1.16. The van der Waals surface area contributed by atoms with Crippen LogP contribution in [-0.2, 0) is 30.4 Å². The highest BCUT2D eigenvalue weighted by Gasteiger charge is 2.32. The molecule has 0 aliphatic heterocycles. The van der Waals surface area contributed by atoms with E-state index in [0.717, 1.165) is 0 Å². The number of phenols is 1. The molecule has 1 rings (SSSR count). The van der Waals surface area contributed by atoms with Gasteiger partial charge in [0.1, 0.15) is 23.9 Å². The van der Waals surface area contributed by atoms with Crippen molar-refractivity contribution in [3.8, 4) is 5.75 Å². The molecular weight excluding hydrogens is 492 g/mol. The second-order valence-corrected chi connectivity index (χ2v) is 9.53. The van der Waals surface area contributed by atoms with Crippen molar-refractivity contribution in [2.24, 2.45) is 11.7 Å². The fraction of sp³-hybridized carbons (Fsp3) is 0.522.